The van der Waals surface area contributed by atoms with Crippen LogP contribution >= 0.6 is 11.8 Å². The van der Waals surface area contributed by atoms with Crippen LogP contribution in [0.25, 0.3) is 17.2 Å². The van der Waals surface area contributed by atoms with E-state index in [-0.39, 0.29) is 18.7 Å². The zero-order chi connectivity index (χ0) is 28.6. The van der Waals surface area contributed by atoms with Crippen molar-refractivity contribution in [1.82, 2.24) is 10.3 Å². The topological polar surface area (TPSA) is 107 Å². The standard InChI is InChI=1S/C31H32N2O6S/c1-19-24(13-20-14-27(38-3)31(28(15-20)39-4)40-12-10-30(35)36)23-9-8-22(37-2)16-26(23)25(19)17-29(34)33-18-21-7-5-6-11-32-21/h5-9,11,13-16H,10,12,17-18H2,1-4H3,(H,33,34)(H,35,36)/b24-13-. The van der Waals surface area contributed by atoms with Gasteiger partial charge in [0.1, 0.15) is 17.2 Å². The molecule has 0 saturated heterocycles. The normalized spacial score (nSPS) is 13.2. The fourth-order valence-electron chi connectivity index (χ4n) is 4.56. The molecule has 1 amide bonds. The van der Waals surface area contributed by atoms with Crippen LogP contribution in [0.5, 0.6) is 17.2 Å². The van der Waals surface area contributed by atoms with Crippen molar-refractivity contribution >= 4 is 40.9 Å². The Hall–Kier alpha value is -4.24. The second kappa shape index (κ2) is 13.2. The number of fused-ring (bicyclic) bond motifs is 1. The Labute approximate surface area is 238 Å². The fraction of sp³-hybridized carbons (Fsp3) is 0.258. The molecule has 0 aliphatic heterocycles. The molecule has 4 rings (SSSR count). The second-order valence-corrected chi connectivity index (χ2v) is 10.2. The summed E-state index contributed by atoms with van der Waals surface area (Å²) in [6, 6.07) is 15.3. The molecule has 9 heteroatoms. The molecule has 8 nitrogen and oxygen atoms in total. The number of aromatic nitrogens is 1. The number of benzene rings is 2. The predicted octanol–water partition coefficient (Wildman–Crippen LogP) is 5.71. The number of hydrogen-bond acceptors (Lipinski definition) is 7. The fourth-order valence-corrected chi connectivity index (χ4v) is 5.61. The number of nitrogens with zero attached hydrogens (tertiary/aromatic N) is 1. The van der Waals surface area contributed by atoms with E-state index in [4.69, 9.17) is 19.3 Å². The van der Waals surface area contributed by atoms with Crippen molar-refractivity contribution in [3.05, 3.63) is 82.7 Å². The quantitative estimate of drug-likeness (QED) is 0.271. The Morgan fingerprint density at radius 3 is 2.38 bits per heavy atom. The molecular weight excluding hydrogens is 528 g/mol. The third-order valence-electron chi connectivity index (χ3n) is 6.59. The van der Waals surface area contributed by atoms with Gasteiger partial charge in [0.15, 0.2) is 0 Å². The van der Waals surface area contributed by atoms with E-state index in [2.05, 4.69) is 16.4 Å². The lowest BCUT2D eigenvalue weighted by molar-refractivity contribution is -0.136. The highest BCUT2D eigenvalue weighted by atomic mass is 32.2. The summed E-state index contributed by atoms with van der Waals surface area (Å²) in [5.74, 6) is 1.36. The molecule has 208 valence electrons. The van der Waals surface area contributed by atoms with Crippen molar-refractivity contribution in [2.24, 2.45) is 0 Å². The molecule has 0 radical (unpaired) electrons. The molecule has 2 aromatic carbocycles. The maximum absolute atomic E-state index is 13.0. The van der Waals surface area contributed by atoms with Crippen LogP contribution in [0.2, 0.25) is 0 Å². The van der Waals surface area contributed by atoms with Gasteiger partial charge in [0.2, 0.25) is 5.91 Å². The summed E-state index contributed by atoms with van der Waals surface area (Å²) < 4.78 is 16.8. The van der Waals surface area contributed by atoms with Gasteiger partial charge in [-0.25, -0.2) is 0 Å². The van der Waals surface area contributed by atoms with Crippen LogP contribution in [0.15, 0.2) is 65.2 Å². The minimum absolute atomic E-state index is 0.0330. The number of nitrogens with one attached hydrogen (secondary N) is 1. The largest absolute Gasteiger partial charge is 0.497 e. The zero-order valence-electron chi connectivity index (χ0n) is 22.9. The number of allylic oxidation sites excluding steroid dienone is 2. The van der Waals surface area contributed by atoms with Gasteiger partial charge in [-0.3, -0.25) is 14.6 Å². The van der Waals surface area contributed by atoms with E-state index in [0.717, 1.165) is 44.0 Å². The SMILES string of the molecule is COc1ccc2c(c1)C(CC(=O)NCc1ccccn1)=C(C)/C2=C/c1cc(OC)c(SCCC(=O)O)c(OC)c1. The monoisotopic (exact) mass is 560 g/mol. The van der Waals surface area contributed by atoms with E-state index < -0.39 is 5.97 Å². The summed E-state index contributed by atoms with van der Waals surface area (Å²) in [4.78, 5) is 29.0. The Morgan fingerprint density at radius 2 is 1.75 bits per heavy atom. The maximum Gasteiger partial charge on any atom is 0.304 e. The van der Waals surface area contributed by atoms with Crippen molar-refractivity contribution in [1.29, 1.82) is 0 Å². The molecule has 1 aliphatic carbocycles. The molecule has 1 aliphatic rings. The van der Waals surface area contributed by atoms with Gasteiger partial charge in [0, 0.05) is 11.9 Å². The van der Waals surface area contributed by atoms with Crippen LogP contribution < -0.4 is 19.5 Å². The molecule has 0 bridgehead atoms. The summed E-state index contributed by atoms with van der Waals surface area (Å²) in [7, 11) is 4.78. The van der Waals surface area contributed by atoms with E-state index in [1.54, 1.807) is 27.5 Å². The summed E-state index contributed by atoms with van der Waals surface area (Å²) in [5.41, 5.74) is 6.52. The number of carboxylic acid groups (broad SMARTS) is 1. The number of aliphatic carboxylic acids is 1. The maximum atomic E-state index is 13.0. The molecule has 0 fully saturated rings. The Morgan fingerprint density at radius 1 is 1.00 bits per heavy atom. The lowest BCUT2D eigenvalue weighted by Crippen LogP contribution is -2.23. The molecule has 1 heterocycles. The van der Waals surface area contributed by atoms with Crippen molar-refractivity contribution in [2.45, 2.75) is 31.2 Å². The number of methoxy groups -OCH3 is 3. The van der Waals surface area contributed by atoms with Crippen LogP contribution in [-0.4, -0.2) is 49.0 Å². The average Bonchev–Trinajstić information content (AvgIpc) is 3.21. The van der Waals surface area contributed by atoms with Crippen molar-refractivity contribution < 1.29 is 28.9 Å². The van der Waals surface area contributed by atoms with Crippen molar-refractivity contribution in [3.63, 3.8) is 0 Å². The minimum Gasteiger partial charge on any atom is -0.497 e. The summed E-state index contributed by atoms with van der Waals surface area (Å²) in [6.07, 6.45) is 4.00. The van der Waals surface area contributed by atoms with E-state index in [0.29, 0.717) is 29.5 Å². The van der Waals surface area contributed by atoms with Crippen LogP contribution in [0.1, 0.15) is 42.1 Å². The van der Waals surface area contributed by atoms with Gasteiger partial charge in [0.05, 0.1) is 51.3 Å². The van der Waals surface area contributed by atoms with Gasteiger partial charge in [0.25, 0.3) is 0 Å². The number of amides is 1. The molecule has 0 unspecified atom stereocenters. The summed E-state index contributed by atoms with van der Waals surface area (Å²) >= 11 is 1.38. The summed E-state index contributed by atoms with van der Waals surface area (Å²) in [6.45, 7) is 2.38. The van der Waals surface area contributed by atoms with E-state index >= 15 is 0 Å². The molecule has 2 N–H and O–H groups in total. The van der Waals surface area contributed by atoms with E-state index in [9.17, 15) is 9.59 Å². The lowest BCUT2D eigenvalue weighted by Gasteiger charge is -2.14. The number of hydrogen-bond donors (Lipinski definition) is 2. The van der Waals surface area contributed by atoms with Gasteiger partial charge in [-0.1, -0.05) is 12.1 Å². The minimum atomic E-state index is -0.855. The van der Waals surface area contributed by atoms with Crippen molar-refractivity contribution in [2.75, 3.05) is 27.1 Å². The van der Waals surface area contributed by atoms with Gasteiger partial charge >= 0.3 is 5.97 Å². The van der Waals surface area contributed by atoms with Gasteiger partial charge in [-0.05, 0) is 82.8 Å². The second-order valence-electron chi connectivity index (χ2n) is 9.09. The molecule has 3 aromatic rings. The van der Waals surface area contributed by atoms with Crippen molar-refractivity contribution in [3.8, 4) is 17.2 Å². The van der Waals surface area contributed by atoms with E-state index in [1.165, 1.54) is 11.8 Å². The first-order chi connectivity index (χ1) is 19.3. The lowest BCUT2D eigenvalue weighted by atomic mass is 10.00. The highest BCUT2D eigenvalue weighted by molar-refractivity contribution is 7.99. The smallest absolute Gasteiger partial charge is 0.304 e. The first-order valence-electron chi connectivity index (χ1n) is 12.7. The van der Waals surface area contributed by atoms with Crippen LogP contribution in [0.4, 0.5) is 0 Å². The molecule has 40 heavy (non-hydrogen) atoms. The number of thioether (sulfide) groups is 1. The first kappa shape index (κ1) is 28.8. The molecular formula is C31H32N2O6S. The number of pyridine rings is 1. The number of carbonyl (C=O) groups excluding carboxylic acids is 1. The third-order valence-corrected chi connectivity index (χ3v) is 7.68. The Bertz CT molecular complexity index is 1440. The Balaban J connectivity index is 1.68. The van der Waals surface area contributed by atoms with Gasteiger partial charge in [-0.15, -0.1) is 11.8 Å². The van der Waals surface area contributed by atoms with Crippen LogP contribution in [-0.2, 0) is 16.1 Å². The Kier molecular flexibility index (Phi) is 9.50. The van der Waals surface area contributed by atoms with Crippen LogP contribution in [0, 0.1) is 0 Å². The molecule has 1 aromatic heterocycles. The zero-order valence-corrected chi connectivity index (χ0v) is 23.8. The molecule has 0 atom stereocenters. The number of carboxylic acids is 1. The molecule has 0 spiro atoms. The van der Waals surface area contributed by atoms with Gasteiger partial charge in [-0.2, -0.15) is 0 Å². The third kappa shape index (κ3) is 6.66. The number of ether oxygens (including phenoxy) is 3. The first-order valence-corrected chi connectivity index (χ1v) is 13.7. The predicted molar refractivity (Wildman–Crippen MR) is 157 cm³/mol. The van der Waals surface area contributed by atoms with Gasteiger partial charge < -0.3 is 24.6 Å². The van der Waals surface area contributed by atoms with E-state index in [1.807, 2.05) is 55.5 Å². The highest BCUT2D eigenvalue weighted by Gasteiger charge is 2.26. The molecule has 0 saturated carbocycles. The van der Waals surface area contributed by atoms with Crippen LogP contribution in [0.3, 0.4) is 0 Å². The number of rotatable bonds is 12. The number of carbonyl (C=O) groups is 2. The highest BCUT2D eigenvalue weighted by Crippen LogP contribution is 2.46. The average molecular weight is 561 g/mol. The summed E-state index contributed by atoms with van der Waals surface area (Å²) in [5, 5.41) is 12.0.